The number of nitrogens with two attached hydrogens (primary N) is 1. The van der Waals surface area contributed by atoms with Crippen LogP contribution in [0, 0.1) is 0 Å². The average Bonchev–Trinajstić information content (AvgIpc) is 2.93. The van der Waals surface area contributed by atoms with E-state index in [2.05, 4.69) is 10.3 Å². The van der Waals surface area contributed by atoms with Crippen LogP contribution in [0.2, 0.25) is 0 Å². The maximum absolute atomic E-state index is 12.0. The molecule has 1 aromatic carbocycles. The summed E-state index contributed by atoms with van der Waals surface area (Å²) in [7, 11) is 0. The van der Waals surface area contributed by atoms with Crippen molar-refractivity contribution in [1.82, 2.24) is 0 Å². The molecule has 0 radical (unpaired) electrons. The van der Waals surface area contributed by atoms with Gasteiger partial charge in [-0.15, -0.1) is 0 Å². The van der Waals surface area contributed by atoms with Crippen LogP contribution >= 0.6 is 0 Å². The Bertz CT molecular complexity index is 855. The smallest absolute Gasteiger partial charge is 0.412 e. The molecular weight excluding hydrogens is 298 g/mol. The first kappa shape index (κ1) is 14.8. The number of nitrogens with one attached hydrogen (secondary N) is 1. The summed E-state index contributed by atoms with van der Waals surface area (Å²) in [6.45, 7) is 0.684. The van der Waals surface area contributed by atoms with E-state index in [0.29, 0.717) is 23.7 Å². The highest BCUT2D eigenvalue weighted by Gasteiger charge is 2.20. The normalized spacial score (nSPS) is 12.5. The van der Waals surface area contributed by atoms with Crippen LogP contribution < -0.4 is 21.8 Å². The molecule has 3 N–H and O–H groups in total. The summed E-state index contributed by atoms with van der Waals surface area (Å²) in [5.74, 6) is -0.907. The Hall–Kier alpha value is -3.09. The van der Waals surface area contributed by atoms with Gasteiger partial charge in [-0.1, -0.05) is 36.4 Å². The molecule has 0 saturated heterocycles. The van der Waals surface area contributed by atoms with Crippen molar-refractivity contribution in [1.29, 1.82) is 0 Å². The van der Waals surface area contributed by atoms with Crippen LogP contribution in [-0.2, 0) is 11.3 Å². The molecule has 7 heteroatoms. The monoisotopic (exact) mass is 313 g/mol. The van der Waals surface area contributed by atoms with Gasteiger partial charge in [-0.2, -0.15) is 0 Å². The van der Waals surface area contributed by atoms with E-state index < -0.39 is 12.0 Å². The van der Waals surface area contributed by atoms with Gasteiger partial charge in [0.25, 0.3) is 5.91 Å². The molecule has 118 valence electrons. The largest absolute Gasteiger partial charge is 0.444 e. The third-order valence-electron chi connectivity index (χ3n) is 3.32. The van der Waals surface area contributed by atoms with Crippen molar-refractivity contribution in [3.8, 4) is 0 Å². The van der Waals surface area contributed by atoms with Crippen LogP contribution in [0.5, 0.6) is 0 Å². The van der Waals surface area contributed by atoms with E-state index in [4.69, 9.17) is 14.9 Å². The minimum atomic E-state index is -0.777. The fourth-order valence-corrected chi connectivity index (χ4v) is 2.27. The molecule has 1 aliphatic heterocycles. The summed E-state index contributed by atoms with van der Waals surface area (Å²) in [4.78, 5) is 27.6. The van der Waals surface area contributed by atoms with Crippen LogP contribution in [-0.4, -0.2) is 18.5 Å². The van der Waals surface area contributed by atoms with Crippen molar-refractivity contribution in [2.75, 3.05) is 11.9 Å². The molecule has 2 heterocycles. The number of carbonyl (C=O) groups is 2. The first-order valence-corrected chi connectivity index (χ1v) is 7.10. The van der Waals surface area contributed by atoms with E-state index in [9.17, 15) is 9.59 Å². The second-order valence-corrected chi connectivity index (χ2v) is 4.95. The molecule has 0 saturated carbocycles. The molecular formula is C16H15N3O4. The van der Waals surface area contributed by atoms with Gasteiger partial charge in [0.15, 0.2) is 0 Å². The number of fused-ring (bicyclic) bond motifs is 1. The Balaban J connectivity index is 1.79. The third kappa shape index (κ3) is 3.23. The SMILES string of the molecule is NC(=O)c1oc2c(c1NC(=O)OCc1ccccc1)=CCCN=2. The highest BCUT2D eigenvalue weighted by atomic mass is 16.5. The Morgan fingerprint density at radius 1 is 1.30 bits per heavy atom. The van der Waals surface area contributed by atoms with Crippen molar-refractivity contribution in [3.63, 3.8) is 0 Å². The van der Waals surface area contributed by atoms with Crippen molar-refractivity contribution < 1.29 is 18.7 Å². The molecule has 0 aliphatic carbocycles. The van der Waals surface area contributed by atoms with E-state index in [-0.39, 0.29) is 18.1 Å². The number of furan rings is 1. The van der Waals surface area contributed by atoms with Crippen molar-refractivity contribution in [2.24, 2.45) is 10.7 Å². The van der Waals surface area contributed by atoms with E-state index in [0.717, 1.165) is 5.56 Å². The number of nitrogens with zero attached hydrogens (tertiary/aromatic N) is 1. The zero-order valence-electron chi connectivity index (χ0n) is 12.2. The summed E-state index contributed by atoms with van der Waals surface area (Å²) >= 11 is 0. The first-order chi connectivity index (χ1) is 11.1. The predicted molar refractivity (Wildman–Crippen MR) is 82.2 cm³/mol. The molecule has 2 amide bonds. The minimum absolute atomic E-state index is 0.118. The molecule has 0 unspecified atom stereocenters. The Labute approximate surface area is 131 Å². The number of benzene rings is 1. The van der Waals surface area contributed by atoms with Crippen molar-refractivity contribution in [3.05, 3.63) is 52.4 Å². The van der Waals surface area contributed by atoms with Crippen molar-refractivity contribution in [2.45, 2.75) is 13.0 Å². The number of hydrogen-bond acceptors (Lipinski definition) is 5. The molecule has 1 aromatic heterocycles. The molecule has 3 rings (SSSR count). The zero-order valence-corrected chi connectivity index (χ0v) is 12.2. The quantitative estimate of drug-likeness (QED) is 0.875. The maximum Gasteiger partial charge on any atom is 0.412 e. The summed E-state index contributed by atoms with van der Waals surface area (Å²) in [6, 6.07) is 9.26. The van der Waals surface area contributed by atoms with Crippen LogP contribution in [0.15, 0.2) is 39.7 Å². The molecule has 23 heavy (non-hydrogen) atoms. The summed E-state index contributed by atoms with van der Waals surface area (Å²) in [6.07, 6.45) is 1.84. The molecule has 1 aliphatic rings. The molecule has 0 spiro atoms. The first-order valence-electron chi connectivity index (χ1n) is 7.10. The van der Waals surface area contributed by atoms with E-state index in [1.54, 1.807) is 0 Å². The minimum Gasteiger partial charge on any atom is -0.444 e. The Morgan fingerprint density at radius 2 is 2.09 bits per heavy atom. The molecule has 7 nitrogen and oxygen atoms in total. The summed E-state index contributed by atoms with van der Waals surface area (Å²) < 4.78 is 10.5. The number of amides is 2. The highest BCUT2D eigenvalue weighted by molar-refractivity contribution is 5.99. The van der Waals surface area contributed by atoms with E-state index in [1.165, 1.54) is 0 Å². The number of carbonyl (C=O) groups excluding carboxylic acids is 2. The zero-order chi connectivity index (χ0) is 16.2. The Kier molecular flexibility index (Phi) is 4.09. The van der Waals surface area contributed by atoms with E-state index in [1.807, 2.05) is 36.4 Å². The lowest BCUT2D eigenvalue weighted by atomic mass is 10.2. The lowest BCUT2D eigenvalue weighted by Crippen LogP contribution is -2.28. The van der Waals surface area contributed by atoms with Gasteiger partial charge in [-0.05, 0) is 12.0 Å². The van der Waals surface area contributed by atoms with Gasteiger partial charge in [0.2, 0.25) is 11.3 Å². The lowest BCUT2D eigenvalue weighted by molar-refractivity contribution is 0.0972. The fraction of sp³-hybridized carbons (Fsp3) is 0.188. The van der Waals surface area contributed by atoms with Gasteiger partial charge in [0.05, 0.1) is 5.22 Å². The molecule has 0 fully saturated rings. The van der Waals surface area contributed by atoms with Crippen molar-refractivity contribution >= 4 is 23.8 Å². The fourth-order valence-electron chi connectivity index (χ4n) is 2.27. The van der Waals surface area contributed by atoms with E-state index >= 15 is 0 Å². The topological polar surface area (TPSA) is 107 Å². The van der Waals surface area contributed by atoms with Gasteiger partial charge in [0, 0.05) is 6.54 Å². The lowest BCUT2D eigenvalue weighted by Gasteiger charge is -2.06. The third-order valence-corrected chi connectivity index (χ3v) is 3.32. The predicted octanol–water partition coefficient (Wildman–Crippen LogP) is 0.931. The second kappa shape index (κ2) is 6.35. The summed E-state index contributed by atoms with van der Waals surface area (Å²) in [5, 5.41) is 3.08. The number of ether oxygens (including phenoxy) is 1. The van der Waals surface area contributed by atoms with Gasteiger partial charge < -0.3 is 14.9 Å². The number of anilines is 1. The van der Waals surface area contributed by atoms with Crippen LogP contribution in [0.3, 0.4) is 0 Å². The molecule has 0 bridgehead atoms. The van der Waals surface area contributed by atoms with Gasteiger partial charge in [-0.3, -0.25) is 15.1 Å². The Morgan fingerprint density at radius 3 is 2.83 bits per heavy atom. The molecule has 0 atom stereocenters. The van der Waals surface area contributed by atoms with Crippen LogP contribution in [0.25, 0.3) is 6.08 Å². The number of primary amides is 1. The highest BCUT2D eigenvalue weighted by Crippen LogP contribution is 2.11. The van der Waals surface area contributed by atoms with Gasteiger partial charge >= 0.3 is 6.09 Å². The molecule has 2 aromatic rings. The second-order valence-electron chi connectivity index (χ2n) is 4.95. The van der Waals surface area contributed by atoms with Crippen LogP contribution in [0.4, 0.5) is 10.5 Å². The number of hydrogen-bond donors (Lipinski definition) is 2. The maximum atomic E-state index is 12.0. The van der Waals surface area contributed by atoms with Gasteiger partial charge in [-0.25, -0.2) is 4.79 Å². The van der Waals surface area contributed by atoms with Gasteiger partial charge in [0.1, 0.15) is 12.3 Å². The standard InChI is InChI=1S/C16H15N3O4/c17-14(20)13-12(11-7-4-8-18-15(11)23-13)19-16(21)22-9-10-5-2-1-3-6-10/h1-3,5-7H,4,8-9H2,(H2,17,20)(H,19,21). The van der Waals surface area contributed by atoms with Crippen LogP contribution in [0.1, 0.15) is 22.5 Å². The summed E-state index contributed by atoms with van der Waals surface area (Å²) in [5.41, 5.74) is 6.64. The average molecular weight is 313 g/mol. The number of rotatable bonds is 4.